The van der Waals surface area contributed by atoms with E-state index < -0.39 is 6.09 Å². The molecular formula is C19H25N3O3. The molecule has 6 nitrogen and oxygen atoms in total. The maximum absolute atomic E-state index is 11.7. The molecule has 0 atom stereocenters. The summed E-state index contributed by atoms with van der Waals surface area (Å²) in [6, 6.07) is 11.4. The van der Waals surface area contributed by atoms with Gasteiger partial charge >= 0.3 is 6.09 Å². The van der Waals surface area contributed by atoms with Crippen LogP contribution in [-0.4, -0.2) is 29.1 Å². The van der Waals surface area contributed by atoms with E-state index in [1.54, 1.807) is 10.7 Å². The smallest absolute Gasteiger partial charge is 0.434 e. The molecule has 2 rings (SSSR count). The number of nitrogens with zero attached hydrogens (tertiary/aromatic N) is 3. The number of ether oxygens (including phenoxy) is 2. The molecule has 0 spiro atoms. The van der Waals surface area contributed by atoms with Gasteiger partial charge in [-0.25, -0.2) is 9.48 Å². The zero-order chi connectivity index (χ0) is 17.9. The van der Waals surface area contributed by atoms with Crippen molar-refractivity contribution in [3.05, 3.63) is 48.0 Å². The first-order valence-electron chi connectivity index (χ1n) is 8.73. The molecule has 0 bridgehead atoms. The number of hydrogen-bond donors (Lipinski definition) is 0. The van der Waals surface area contributed by atoms with Crippen LogP contribution in [0.2, 0.25) is 0 Å². The van der Waals surface area contributed by atoms with Gasteiger partial charge < -0.3 is 9.47 Å². The number of amides is 1. The van der Waals surface area contributed by atoms with Crippen molar-refractivity contribution in [2.45, 2.75) is 39.5 Å². The van der Waals surface area contributed by atoms with Gasteiger partial charge in [0.15, 0.2) is 0 Å². The van der Waals surface area contributed by atoms with Crippen LogP contribution in [-0.2, 0) is 4.74 Å². The van der Waals surface area contributed by atoms with E-state index in [1.165, 1.54) is 6.20 Å². The van der Waals surface area contributed by atoms with Crippen molar-refractivity contribution in [2.24, 2.45) is 4.99 Å². The summed E-state index contributed by atoms with van der Waals surface area (Å²) in [5.74, 6) is 0.544. The van der Waals surface area contributed by atoms with Gasteiger partial charge in [0.05, 0.1) is 30.5 Å². The van der Waals surface area contributed by atoms with Gasteiger partial charge in [0.2, 0.25) is 5.88 Å². The molecule has 0 aliphatic rings. The molecule has 0 saturated heterocycles. The summed E-state index contributed by atoms with van der Waals surface area (Å²) < 4.78 is 12.6. The van der Waals surface area contributed by atoms with Crippen LogP contribution in [0, 0.1) is 0 Å². The summed E-state index contributed by atoms with van der Waals surface area (Å²) >= 11 is 0. The lowest BCUT2D eigenvalue weighted by molar-refractivity contribution is 0.154. The van der Waals surface area contributed by atoms with Gasteiger partial charge in [0, 0.05) is 6.07 Å². The maximum Gasteiger partial charge on any atom is 0.434 e. The predicted octanol–water partition coefficient (Wildman–Crippen LogP) is 3.89. The molecule has 0 aliphatic heterocycles. The third-order valence-electron chi connectivity index (χ3n) is 3.48. The highest BCUT2D eigenvalue weighted by Crippen LogP contribution is 2.14. The van der Waals surface area contributed by atoms with Gasteiger partial charge in [-0.2, -0.15) is 10.1 Å². The SMILES string of the molecule is CCCCOC(=O)/N=c1/cnn(-c2ccccc2)c(OCCCC)c1. The molecule has 1 heterocycles. The average molecular weight is 343 g/mol. The third kappa shape index (κ3) is 6.06. The lowest BCUT2D eigenvalue weighted by atomic mass is 10.3. The molecule has 0 saturated carbocycles. The molecule has 0 radical (unpaired) electrons. The van der Waals surface area contributed by atoms with E-state index in [0.29, 0.717) is 24.5 Å². The Labute approximate surface area is 148 Å². The second-order valence-electron chi connectivity index (χ2n) is 5.58. The molecule has 0 N–H and O–H groups in total. The zero-order valence-electron chi connectivity index (χ0n) is 14.9. The number of benzene rings is 1. The molecule has 1 amide bonds. The van der Waals surface area contributed by atoms with Crippen molar-refractivity contribution < 1.29 is 14.3 Å². The van der Waals surface area contributed by atoms with Crippen LogP contribution < -0.4 is 10.1 Å². The quantitative estimate of drug-likeness (QED) is 0.682. The molecule has 1 aromatic carbocycles. The fourth-order valence-corrected chi connectivity index (χ4v) is 2.09. The second kappa shape index (κ2) is 10.3. The maximum atomic E-state index is 11.7. The second-order valence-corrected chi connectivity index (χ2v) is 5.58. The van der Waals surface area contributed by atoms with E-state index in [-0.39, 0.29) is 0 Å². The predicted molar refractivity (Wildman–Crippen MR) is 95.8 cm³/mol. The van der Waals surface area contributed by atoms with Gasteiger partial charge in [0.25, 0.3) is 0 Å². The molecule has 134 valence electrons. The minimum atomic E-state index is -0.604. The Morgan fingerprint density at radius 1 is 1.12 bits per heavy atom. The molecule has 6 heteroatoms. The van der Waals surface area contributed by atoms with E-state index in [1.807, 2.05) is 37.3 Å². The highest BCUT2D eigenvalue weighted by molar-refractivity contribution is 5.68. The van der Waals surface area contributed by atoms with E-state index in [2.05, 4.69) is 17.0 Å². The number of hydrogen-bond acceptors (Lipinski definition) is 4. The van der Waals surface area contributed by atoms with E-state index in [9.17, 15) is 4.79 Å². The van der Waals surface area contributed by atoms with Gasteiger partial charge in [-0.3, -0.25) is 0 Å². The first-order valence-corrected chi connectivity index (χ1v) is 8.73. The first kappa shape index (κ1) is 18.7. The van der Waals surface area contributed by atoms with Crippen molar-refractivity contribution >= 4 is 6.09 Å². The number of rotatable bonds is 8. The molecule has 1 aromatic heterocycles. The fraction of sp³-hybridized carbons (Fsp3) is 0.421. The van der Waals surface area contributed by atoms with Crippen molar-refractivity contribution in [1.82, 2.24) is 9.78 Å². The molecule has 25 heavy (non-hydrogen) atoms. The van der Waals surface area contributed by atoms with Crippen LogP contribution in [0.25, 0.3) is 5.69 Å². The highest BCUT2D eigenvalue weighted by atomic mass is 16.5. The van der Waals surface area contributed by atoms with Crippen LogP contribution in [0.5, 0.6) is 5.88 Å². The molecule has 0 fully saturated rings. The summed E-state index contributed by atoms with van der Waals surface area (Å²) in [5, 5.41) is 4.78. The van der Waals surface area contributed by atoms with Gasteiger partial charge in [-0.1, -0.05) is 44.9 Å². The Balaban J connectivity index is 2.25. The minimum absolute atomic E-state index is 0.378. The number of para-hydroxylation sites is 1. The van der Waals surface area contributed by atoms with Crippen molar-refractivity contribution in [2.75, 3.05) is 13.2 Å². The van der Waals surface area contributed by atoms with E-state index in [0.717, 1.165) is 31.4 Å². The standard InChI is InChI=1S/C19H25N3O3/c1-3-5-12-24-18-14-16(21-19(23)25-13-6-4-2)15-20-22(18)17-10-8-7-9-11-17/h7-11,14-15H,3-6,12-13H2,1-2H3/b21-16+. The Morgan fingerprint density at radius 3 is 2.56 bits per heavy atom. The monoisotopic (exact) mass is 343 g/mol. The van der Waals surface area contributed by atoms with Gasteiger partial charge in [-0.15, -0.1) is 0 Å². The summed E-state index contributed by atoms with van der Waals surface area (Å²) in [4.78, 5) is 15.7. The third-order valence-corrected chi connectivity index (χ3v) is 3.48. The number of unbranched alkanes of at least 4 members (excludes halogenated alkanes) is 2. The molecule has 0 unspecified atom stereocenters. The van der Waals surface area contributed by atoms with Crippen LogP contribution in [0.15, 0.2) is 47.6 Å². The topological polar surface area (TPSA) is 65.7 Å². The lowest BCUT2D eigenvalue weighted by Gasteiger charge is -2.13. The van der Waals surface area contributed by atoms with Crippen molar-refractivity contribution in [3.63, 3.8) is 0 Å². The number of carbonyl (C=O) groups excluding carboxylic acids is 1. The van der Waals surface area contributed by atoms with Gasteiger partial charge in [-0.05, 0) is 25.0 Å². The first-order chi connectivity index (χ1) is 12.2. The zero-order valence-corrected chi connectivity index (χ0v) is 14.9. The van der Waals surface area contributed by atoms with E-state index in [4.69, 9.17) is 9.47 Å². The lowest BCUT2D eigenvalue weighted by Crippen LogP contribution is -2.16. The van der Waals surface area contributed by atoms with Crippen LogP contribution in [0.4, 0.5) is 4.79 Å². The summed E-state index contributed by atoms with van der Waals surface area (Å²) in [6.45, 7) is 5.09. The normalized spacial score (nSPS) is 11.4. The molecule has 0 aliphatic carbocycles. The number of carbonyl (C=O) groups is 1. The van der Waals surface area contributed by atoms with Crippen LogP contribution in [0.1, 0.15) is 39.5 Å². The van der Waals surface area contributed by atoms with Crippen molar-refractivity contribution in [3.8, 4) is 11.6 Å². The number of aromatic nitrogens is 2. The summed E-state index contributed by atoms with van der Waals surface area (Å²) in [6.07, 6.45) is 4.69. The molecule has 2 aromatic rings. The van der Waals surface area contributed by atoms with E-state index >= 15 is 0 Å². The summed E-state index contributed by atoms with van der Waals surface area (Å²) in [5.41, 5.74) is 0.881. The summed E-state index contributed by atoms with van der Waals surface area (Å²) in [7, 11) is 0. The highest BCUT2D eigenvalue weighted by Gasteiger charge is 2.06. The van der Waals surface area contributed by atoms with Crippen LogP contribution >= 0.6 is 0 Å². The Morgan fingerprint density at radius 2 is 1.84 bits per heavy atom. The Kier molecular flexibility index (Phi) is 7.69. The van der Waals surface area contributed by atoms with Crippen molar-refractivity contribution in [1.29, 1.82) is 0 Å². The largest absolute Gasteiger partial charge is 0.478 e. The Bertz CT molecular complexity index is 726. The Hall–Kier alpha value is -2.63. The fourth-order valence-electron chi connectivity index (χ4n) is 2.09. The van der Waals surface area contributed by atoms with Crippen LogP contribution in [0.3, 0.4) is 0 Å². The average Bonchev–Trinajstić information content (AvgIpc) is 2.63. The molecular weight excluding hydrogens is 318 g/mol. The minimum Gasteiger partial charge on any atom is -0.478 e. The van der Waals surface area contributed by atoms with Gasteiger partial charge in [0.1, 0.15) is 0 Å².